The first kappa shape index (κ1) is 14.5. The molecule has 2 rings (SSSR count). The molecule has 5 heteroatoms. The minimum Gasteiger partial charge on any atom is -0.294 e. The largest absolute Gasteiger partial charge is 0.294 e. The van der Waals surface area contributed by atoms with Gasteiger partial charge in [0.05, 0.1) is 4.90 Å². The summed E-state index contributed by atoms with van der Waals surface area (Å²) in [6.07, 6.45) is 5.12. The maximum Gasteiger partial charge on any atom is 0.261 e. The number of Topliss-reactive ketones (excluding diaryl/α,β-unsaturated/α-hetero) is 1. The zero-order chi connectivity index (χ0) is 14.0. The molecule has 0 bridgehead atoms. The minimum atomic E-state index is -3.80. The fourth-order valence-corrected chi connectivity index (χ4v) is 3.84. The molecule has 0 aliphatic heterocycles. The Bertz CT molecular complexity index is 587. The highest BCUT2D eigenvalue weighted by atomic mass is 35.7. The van der Waals surface area contributed by atoms with E-state index in [1.165, 1.54) is 12.5 Å². The molecule has 0 atom stereocenters. The highest BCUT2D eigenvalue weighted by molar-refractivity contribution is 8.13. The van der Waals surface area contributed by atoms with Crippen LogP contribution < -0.4 is 0 Å². The third-order valence-electron chi connectivity index (χ3n) is 3.71. The van der Waals surface area contributed by atoms with Crippen molar-refractivity contribution in [2.75, 3.05) is 0 Å². The Morgan fingerprint density at radius 3 is 2.42 bits per heavy atom. The lowest BCUT2D eigenvalue weighted by Gasteiger charge is -2.20. The monoisotopic (exact) mass is 300 g/mol. The summed E-state index contributed by atoms with van der Waals surface area (Å²) >= 11 is 0. The Kier molecular flexibility index (Phi) is 4.31. The van der Waals surface area contributed by atoms with Crippen LogP contribution in [0.2, 0.25) is 0 Å². The van der Waals surface area contributed by atoms with Gasteiger partial charge in [-0.2, -0.15) is 0 Å². The first-order valence-corrected chi connectivity index (χ1v) is 8.80. The van der Waals surface area contributed by atoms with E-state index in [2.05, 4.69) is 0 Å². The third kappa shape index (κ3) is 3.37. The van der Waals surface area contributed by atoms with E-state index in [0.29, 0.717) is 11.1 Å². The maximum atomic E-state index is 12.4. The standard InChI is InChI=1S/C14H17ClO3S/c1-10-7-8-12(9-13(10)19(15,17)18)14(16)11-5-3-2-4-6-11/h7-9,11H,2-6H2,1H3. The lowest BCUT2D eigenvalue weighted by atomic mass is 9.84. The Balaban J connectivity index is 2.33. The molecule has 0 saturated heterocycles. The summed E-state index contributed by atoms with van der Waals surface area (Å²) in [5.41, 5.74) is 1.02. The van der Waals surface area contributed by atoms with Crippen LogP contribution in [0.4, 0.5) is 0 Å². The van der Waals surface area contributed by atoms with Gasteiger partial charge in [-0.3, -0.25) is 4.79 Å². The normalized spacial score (nSPS) is 17.4. The SMILES string of the molecule is Cc1ccc(C(=O)C2CCCCC2)cc1S(=O)(=O)Cl. The number of ketones is 1. The first-order valence-electron chi connectivity index (χ1n) is 6.49. The molecule has 1 saturated carbocycles. The van der Waals surface area contributed by atoms with E-state index < -0.39 is 9.05 Å². The molecule has 0 heterocycles. The van der Waals surface area contributed by atoms with E-state index in [4.69, 9.17) is 10.7 Å². The molecule has 0 unspecified atom stereocenters. The topological polar surface area (TPSA) is 51.2 Å². The van der Waals surface area contributed by atoms with Gasteiger partial charge in [0, 0.05) is 22.2 Å². The molecule has 1 aromatic carbocycles. The van der Waals surface area contributed by atoms with E-state index in [1.807, 2.05) is 0 Å². The summed E-state index contributed by atoms with van der Waals surface area (Å²) in [5.74, 6) is 0.0728. The van der Waals surface area contributed by atoms with Crippen LogP contribution in [0.3, 0.4) is 0 Å². The van der Waals surface area contributed by atoms with Crippen molar-refractivity contribution in [3.63, 3.8) is 0 Å². The molecule has 104 valence electrons. The average molecular weight is 301 g/mol. The van der Waals surface area contributed by atoms with Crippen molar-refractivity contribution in [1.82, 2.24) is 0 Å². The van der Waals surface area contributed by atoms with Crippen LogP contribution in [0.25, 0.3) is 0 Å². The molecular weight excluding hydrogens is 284 g/mol. The quantitative estimate of drug-likeness (QED) is 0.632. The van der Waals surface area contributed by atoms with E-state index in [1.54, 1.807) is 19.1 Å². The predicted molar refractivity (Wildman–Crippen MR) is 75.1 cm³/mol. The number of carbonyl (C=O) groups is 1. The molecule has 1 aromatic rings. The fraction of sp³-hybridized carbons (Fsp3) is 0.500. The molecule has 0 radical (unpaired) electrons. The van der Waals surface area contributed by atoms with Crippen LogP contribution in [0, 0.1) is 12.8 Å². The summed E-state index contributed by atoms with van der Waals surface area (Å²) in [7, 11) is 1.59. The molecular formula is C14H17ClO3S. The van der Waals surface area contributed by atoms with Crippen molar-refractivity contribution < 1.29 is 13.2 Å². The van der Waals surface area contributed by atoms with Gasteiger partial charge in [-0.05, 0) is 31.4 Å². The summed E-state index contributed by atoms with van der Waals surface area (Å²) in [5, 5.41) is 0. The van der Waals surface area contributed by atoms with E-state index in [-0.39, 0.29) is 16.6 Å². The number of rotatable bonds is 3. The van der Waals surface area contributed by atoms with Crippen LogP contribution >= 0.6 is 10.7 Å². The number of aryl methyl sites for hydroxylation is 1. The van der Waals surface area contributed by atoms with Crippen molar-refractivity contribution in [2.24, 2.45) is 5.92 Å². The molecule has 0 amide bonds. The van der Waals surface area contributed by atoms with E-state index >= 15 is 0 Å². The lowest BCUT2D eigenvalue weighted by Crippen LogP contribution is -2.18. The zero-order valence-electron chi connectivity index (χ0n) is 10.9. The van der Waals surface area contributed by atoms with Gasteiger partial charge in [0.25, 0.3) is 9.05 Å². The predicted octanol–water partition coefficient (Wildman–Crippen LogP) is 3.69. The summed E-state index contributed by atoms with van der Waals surface area (Å²) in [4.78, 5) is 12.4. The number of halogens is 1. The van der Waals surface area contributed by atoms with E-state index in [0.717, 1.165) is 25.7 Å². The highest BCUT2D eigenvalue weighted by Gasteiger charge is 2.24. The Hall–Kier alpha value is -0.870. The maximum absolute atomic E-state index is 12.4. The second-order valence-electron chi connectivity index (χ2n) is 5.12. The van der Waals surface area contributed by atoms with Crippen LogP contribution in [0.5, 0.6) is 0 Å². The van der Waals surface area contributed by atoms with Crippen molar-refractivity contribution in [2.45, 2.75) is 43.9 Å². The van der Waals surface area contributed by atoms with Gasteiger partial charge in [0.1, 0.15) is 0 Å². The highest BCUT2D eigenvalue weighted by Crippen LogP contribution is 2.28. The fourth-order valence-electron chi connectivity index (χ4n) is 2.62. The zero-order valence-corrected chi connectivity index (χ0v) is 12.4. The molecule has 1 aliphatic rings. The van der Waals surface area contributed by atoms with Crippen LogP contribution in [0.15, 0.2) is 23.1 Å². The van der Waals surface area contributed by atoms with E-state index in [9.17, 15) is 13.2 Å². The van der Waals surface area contributed by atoms with Crippen LogP contribution in [-0.2, 0) is 9.05 Å². The molecule has 0 N–H and O–H groups in total. The van der Waals surface area contributed by atoms with Crippen molar-refractivity contribution in [3.05, 3.63) is 29.3 Å². The molecule has 1 aliphatic carbocycles. The minimum absolute atomic E-state index is 0.0299. The van der Waals surface area contributed by atoms with Gasteiger partial charge in [-0.1, -0.05) is 31.4 Å². The van der Waals surface area contributed by atoms with Crippen molar-refractivity contribution >= 4 is 25.5 Å². The van der Waals surface area contributed by atoms with Gasteiger partial charge in [0.15, 0.2) is 5.78 Å². The smallest absolute Gasteiger partial charge is 0.261 e. The third-order valence-corrected chi connectivity index (χ3v) is 5.18. The van der Waals surface area contributed by atoms with Crippen LogP contribution in [-0.4, -0.2) is 14.2 Å². The van der Waals surface area contributed by atoms with Gasteiger partial charge in [-0.15, -0.1) is 0 Å². The Labute approximate surface area is 118 Å². The van der Waals surface area contributed by atoms with Gasteiger partial charge in [-0.25, -0.2) is 8.42 Å². The average Bonchev–Trinajstić information content (AvgIpc) is 2.38. The summed E-state index contributed by atoms with van der Waals surface area (Å²) in [6.45, 7) is 1.67. The van der Waals surface area contributed by atoms with Gasteiger partial charge >= 0.3 is 0 Å². The molecule has 1 fully saturated rings. The number of hydrogen-bond acceptors (Lipinski definition) is 3. The van der Waals surface area contributed by atoms with Gasteiger partial charge < -0.3 is 0 Å². The molecule has 3 nitrogen and oxygen atoms in total. The number of hydrogen-bond donors (Lipinski definition) is 0. The number of benzene rings is 1. The summed E-state index contributed by atoms with van der Waals surface area (Å²) in [6, 6.07) is 4.75. The molecule has 0 aromatic heterocycles. The number of carbonyl (C=O) groups excluding carboxylic acids is 1. The lowest BCUT2D eigenvalue weighted by molar-refractivity contribution is 0.0889. The molecule has 0 spiro atoms. The molecule has 19 heavy (non-hydrogen) atoms. The van der Waals surface area contributed by atoms with Crippen LogP contribution in [0.1, 0.15) is 48.0 Å². The Morgan fingerprint density at radius 2 is 1.84 bits per heavy atom. The Morgan fingerprint density at radius 1 is 1.21 bits per heavy atom. The second-order valence-corrected chi connectivity index (χ2v) is 7.65. The van der Waals surface area contributed by atoms with Gasteiger partial charge in [0.2, 0.25) is 0 Å². The van der Waals surface area contributed by atoms with Crippen molar-refractivity contribution in [3.8, 4) is 0 Å². The van der Waals surface area contributed by atoms with Crippen molar-refractivity contribution in [1.29, 1.82) is 0 Å². The first-order chi connectivity index (χ1) is 8.89. The second kappa shape index (κ2) is 5.63. The summed E-state index contributed by atoms with van der Waals surface area (Å²) < 4.78 is 22.9.